The van der Waals surface area contributed by atoms with Gasteiger partial charge in [0.15, 0.2) is 0 Å². The van der Waals surface area contributed by atoms with E-state index >= 15 is 0 Å². The van der Waals surface area contributed by atoms with Gasteiger partial charge in [0.25, 0.3) is 0 Å². The van der Waals surface area contributed by atoms with Gasteiger partial charge in [-0.2, -0.15) is 0 Å². The highest BCUT2D eigenvalue weighted by Gasteiger charge is 2.27. The predicted molar refractivity (Wildman–Crippen MR) is 70.7 cm³/mol. The molecule has 4 nitrogen and oxygen atoms in total. The summed E-state index contributed by atoms with van der Waals surface area (Å²) in [6.07, 6.45) is 0. The van der Waals surface area contributed by atoms with Gasteiger partial charge in [-0.05, 0) is 36.0 Å². The number of para-hydroxylation sites is 2. The van der Waals surface area contributed by atoms with E-state index in [4.69, 9.17) is 20.8 Å². The summed E-state index contributed by atoms with van der Waals surface area (Å²) < 4.78 is 24.8. The maximum Gasteiger partial charge on any atom is 0.527 e. The van der Waals surface area contributed by atoms with Crippen molar-refractivity contribution in [2.45, 2.75) is 0 Å². The van der Waals surface area contributed by atoms with Crippen LogP contribution < -0.4 is 13.7 Å². The molecular weight excluding hydrogens is 273 g/mol. The molecule has 1 N–H and O–H groups in total. The summed E-state index contributed by atoms with van der Waals surface area (Å²) in [6.45, 7) is 0. The third-order valence-electron chi connectivity index (χ3n) is 2.04. The molecule has 94 valence electrons. The van der Waals surface area contributed by atoms with Gasteiger partial charge in [0.2, 0.25) is 0 Å². The summed E-state index contributed by atoms with van der Waals surface area (Å²) in [4.78, 5) is 0. The highest BCUT2D eigenvalue weighted by molar-refractivity contribution is 7.53. The van der Waals surface area contributed by atoms with Crippen LogP contribution in [0.2, 0.25) is 0 Å². The van der Waals surface area contributed by atoms with Gasteiger partial charge < -0.3 is 9.05 Å². The third kappa shape index (κ3) is 3.50. The summed E-state index contributed by atoms with van der Waals surface area (Å²) in [5.74, 6) is 0.815. The molecule has 0 spiro atoms. The van der Waals surface area contributed by atoms with Gasteiger partial charge in [-0.1, -0.05) is 36.4 Å². The van der Waals surface area contributed by atoms with Crippen molar-refractivity contribution >= 4 is 19.5 Å². The number of nitrogens with one attached hydrogen (secondary N) is 1. The fraction of sp³-hybridized carbons (Fsp3) is 0. The first-order valence-electron chi connectivity index (χ1n) is 5.19. The van der Waals surface area contributed by atoms with Crippen molar-refractivity contribution in [3.05, 3.63) is 60.7 Å². The average molecular weight is 284 g/mol. The standard InChI is InChI=1S/C12H11ClNO3P/c13-14-18(15,16-11-7-3-1-4-8-11)17-12-9-5-2-6-10-12/h1-10H,(H,14,15). The molecule has 18 heavy (non-hydrogen) atoms. The van der Waals surface area contributed by atoms with Crippen molar-refractivity contribution in [3.63, 3.8) is 0 Å². The molecule has 2 rings (SSSR count). The van der Waals surface area contributed by atoms with Crippen LogP contribution in [0.3, 0.4) is 0 Å². The zero-order valence-electron chi connectivity index (χ0n) is 9.32. The number of rotatable bonds is 5. The van der Waals surface area contributed by atoms with Crippen molar-refractivity contribution in [3.8, 4) is 11.5 Å². The fourth-order valence-corrected chi connectivity index (χ4v) is 2.41. The zero-order valence-corrected chi connectivity index (χ0v) is 11.0. The minimum Gasteiger partial charge on any atom is -0.404 e. The SMILES string of the molecule is O=P(NCl)(Oc1ccccc1)Oc1ccccc1. The summed E-state index contributed by atoms with van der Waals surface area (Å²) in [5.41, 5.74) is 0. The van der Waals surface area contributed by atoms with Crippen molar-refractivity contribution in [1.29, 1.82) is 0 Å². The Hall–Kier alpha value is -1.48. The predicted octanol–water partition coefficient (Wildman–Crippen LogP) is 4.00. The lowest BCUT2D eigenvalue weighted by molar-refractivity contribution is 0.382. The Morgan fingerprint density at radius 1 is 0.833 bits per heavy atom. The molecule has 0 saturated heterocycles. The molecule has 6 heteroatoms. The van der Waals surface area contributed by atoms with Crippen LogP contribution in [-0.4, -0.2) is 0 Å². The van der Waals surface area contributed by atoms with E-state index < -0.39 is 7.75 Å². The molecule has 0 heterocycles. The summed E-state index contributed by atoms with van der Waals surface area (Å²) in [6, 6.07) is 17.3. The normalized spacial score (nSPS) is 10.9. The van der Waals surface area contributed by atoms with Crippen molar-refractivity contribution in [1.82, 2.24) is 4.61 Å². The van der Waals surface area contributed by atoms with E-state index in [9.17, 15) is 4.57 Å². The van der Waals surface area contributed by atoms with E-state index in [1.807, 2.05) is 12.1 Å². The Morgan fingerprint density at radius 3 is 1.56 bits per heavy atom. The summed E-state index contributed by atoms with van der Waals surface area (Å²) in [7, 11) is -3.63. The van der Waals surface area contributed by atoms with Crippen molar-refractivity contribution in [2.24, 2.45) is 0 Å². The number of halogens is 1. The molecule has 0 saturated carbocycles. The van der Waals surface area contributed by atoms with Gasteiger partial charge >= 0.3 is 7.75 Å². The van der Waals surface area contributed by atoms with Gasteiger partial charge in [-0.25, -0.2) is 4.57 Å². The first kappa shape index (κ1) is 13.0. The quantitative estimate of drug-likeness (QED) is 0.665. The Kier molecular flexibility index (Phi) is 4.26. The zero-order chi connectivity index (χ0) is 12.8. The monoisotopic (exact) mass is 283 g/mol. The van der Waals surface area contributed by atoms with E-state index in [-0.39, 0.29) is 0 Å². The lowest BCUT2D eigenvalue weighted by Gasteiger charge is -2.17. The van der Waals surface area contributed by atoms with Crippen LogP contribution in [0.5, 0.6) is 11.5 Å². The van der Waals surface area contributed by atoms with Crippen LogP contribution in [0.25, 0.3) is 0 Å². The summed E-state index contributed by atoms with van der Waals surface area (Å²) in [5, 5.41) is 0. The number of hydrogen-bond donors (Lipinski definition) is 1. The highest BCUT2D eigenvalue weighted by Crippen LogP contribution is 2.45. The number of benzene rings is 2. The molecule has 0 aromatic heterocycles. The molecule has 0 atom stereocenters. The Morgan fingerprint density at radius 2 is 1.22 bits per heavy atom. The second kappa shape index (κ2) is 5.91. The van der Waals surface area contributed by atoms with Crippen molar-refractivity contribution < 1.29 is 13.6 Å². The molecule has 0 fully saturated rings. The largest absolute Gasteiger partial charge is 0.527 e. The second-order valence-corrected chi connectivity index (χ2v) is 5.43. The van der Waals surface area contributed by atoms with Gasteiger partial charge in [-0.3, -0.25) is 0 Å². The fourth-order valence-electron chi connectivity index (χ4n) is 1.29. The lowest BCUT2D eigenvalue weighted by atomic mass is 10.3. The molecule has 0 aliphatic carbocycles. The molecular formula is C12H11ClNO3P. The minimum absolute atomic E-state index is 0.407. The van der Waals surface area contributed by atoms with Crippen molar-refractivity contribution in [2.75, 3.05) is 0 Å². The van der Waals surface area contributed by atoms with E-state index in [1.54, 1.807) is 48.5 Å². The van der Waals surface area contributed by atoms with Crippen LogP contribution in [-0.2, 0) is 4.57 Å². The molecule has 0 unspecified atom stereocenters. The maximum absolute atomic E-state index is 12.2. The summed E-state index contributed by atoms with van der Waals surface area (Å²) >= 11 is 5.45. The Labute approximate surface area is 110 Å². The minimum atomic E-state index is -3.63. The molecule has 0 amide bonds. The third-order valence-corrected chi connectivity index (χ3v) is 3.77. The first-order valence-corrected chi connectivity index (χ1v) is 7.11. The molecule has 2 aromatic carbocycles. The number of hydrogen-bond acceptors (Lipinski definition) is 3. The second-order valence-electron chi connectivity index (χ2n) is 3.39. The van der Waals surface area contributed by atoms with Crippen LogP contribution in [0.1, 0.15) is 0 Å². The lowest BCUT2D eigenvalue weighted by Crippen LogP contribution is -2.09. The van der Waals surface area contributed by atoms with E-state index in [2.05, 4.69) is 4.61 Å². The van der Waals surface area contributed by atoms with E-state index in [0.717, 1.165) is 0 Å². The van der Waals surface area contributed by atoms with Crippen LogP contribution in [0.4, 0.5) is 0 Å². The molecule has 0 aliphatic heterocycles. The molecule has 0 aliphatic rings. The van der Waals surface area contributed by atoms with Crippen LogP contribution >= 0.6 is 19.5 Å². The maximum atomic E-state index is 12.2. The van der Waals surface area contributed by atoms with Crippen LogP contribution in [0.15, 0.2) is 60.7 Å². The average Bonchev–Trinajstić information content (AvgIpc) is 2.41. The van der Waals surface area contributed by atoms with E-state index in [0.29, 0.717) is 11.5 Å². The first-order chi connectivity index (χ1) is 8.72. The van der Waals surface area contributed by atoms with Gasteiger partial charge in [-0.15, -0.1) is 4.61 Å². The van der Waals surface area contributed by atoms with Gasteiger partial charge in [0.1, 0.15) is 11.5 Å². The topological polar surface area (TPSA) is 47.6 Å². The molecule has 2 aromatic rings. The molecule has 0 radical (unpaired) electrons. The Balaban J connectivity index is 2.14. The molecule has 0 bridgehead atoms. The smallest absolute Gasteiger partial charge is 0.404 e. The van der Waals surface area contributed by atoms with E-state index in [1.165, 1.54) is 0 Å². The Bertz CT molecular complexity index is 490. The van der Waals surface area contributed by atoms with Crippen LogP contribution in [0, 0.1) is 0 Å². The highest BCUT2D eigenvalue weighted by atomic mass is 35.5. The van der Waals surface area contributed by atoms with Gasteiger partial charge in [0, 0.05) is 0 Å². The van der Waals surface area contributed by atoms with Gasteiger partial charge in [0.05, 0.1) is 0 Å².